The van der Waals surface area contributed by atoms with Crippen LogP contribution in [0.4, 0.5) is 0 Å². The Kier molecular flexibility index (Phi) is 17.5. The SMILES string of the molecule is CC(C)=CCC[C@](C)(O[C@H]1O[C@@H](CO)[C@H](O)[C@@H](O)[C@@H]1O)[C@H]1CC[C@]2(C)[C@@H]1[C@H](O)C[C@@H]1[C@@]3(C)CC[C@H](O[C@@H]4O[C@H](CO)[C@@H](O)[C@H](O)[C@H]4O[C@H]4O[C@@H](COC(=O)CC(=O)O)[C@H](O)[C@@H](O)[C@@H]4O)C(C)(C)[C@H]3CC[C@]12C. The first-order chi connectivity index (χ1) is 33.6. The number of aliphatic carboxylic acids is 1. The maximum Gasteiger partial charge on any atom is 0.317 e. The summed E-state index contributed by atoms with van der Waals surface area (Å²) in [5.41, 5.74) is -1.36. The Morgan fingerprint density at radius 2 is 1.24 bits per heavy atom. The van der Waals surface area contributed by atoms with E-state index in [0.29, 0.717) is 38.5 Å². The number of carbonyl (C=O) groups excluding carboxylic acids is 1. The third-order valence-electron chi connectivity index (χ3n) is 19.3. The van der Waals surface area contributed by atoms with Crippen molar-refractivity contribution in [2.24, 2.45) is 45.3 Å². The molecule has 3 heterocycles. The van der Waals surface area contributed by atoms with Crippen LogP contribution in [0.25, 0.3) is 0 Å². The van der Waals surface area contributed by atoms with Crippen molar-refractivity contribution in [2.45, 2.75) is 230 Å². The number of aliphatic hydroxyl groups is 11. The Hall–Kier alpha value is -2.00. The Labute approximate surface area is 421 Å². The topological polar surface area (TPSA) is 342 Å². The van der Waals surface area contributed by atoms with Crippen LogP contribution in [0.2, 0.25) is 0 Å². The van der Waals surface area contributed by atoms with Crippen molar-refractivity contribution in [3.63, 3.8) is 0 Å². The fourth-order valence-corrected chi connectivity index (χ4v) is 15.2. The van der Waals surface area contributed by atoms with E-state index in [1.165, 1.54) is 0 Å². The molecule has 0 aromatic carbocycles. The van der Waals surface area contributed by atoms with Gasteiger partial charge in [-0.25, -0.2) is 0 Å². The highest BCUT2D eigenvalue weighted by molar-refractivity contribution is 5.90. The number of aliphatic hydroxyl groups excluding tert-OH is 11. The van der Waals surface area contributed by atoms with Gasteiger partial charge in [0.1, 0.15) is 86.3 Å². The minimum absolute atomic E-state index is 0.0343. The zero-order chi connectivity index (χ0) is 53.2. The molecule has 7 aliphatic rings. The van der Waals surface area contributed by atoms with Crippen LogP contribution in [0.15, 0.2) is 11.6 Å². The van der Waals surface area contributed by atoms with E-state index in [4.69, 9.17) is 38.3 Å². The molecule has 3 saturated heterocycles. The van der Waals surface area contributed by atoms with E-state index in [1.807, 2.05) is 20.8 Å². The lowest BCUT2D eigenvalue weighted by atomic mass is 9.35. The Morgan fingerprint density at radius 1 is 0.667 bits per heavy atom. The van der Waals surface area contributed by atoms with Crippen LogP contribution >= 0.6 is 0 Å². The van der Waals surface area contributed by atoms with Crippen molar-refractivity contribution in [3.05, 3.63) is 11.6 Å². The number of carboxylic acids is 1. The molecular formula is C51H84O21. The molecule has 0 spiro atoms. The summed E-state index contributed by atoms with van der Waals surface area (Å²) in [5, 5.41) is 129. The predicted molar refractivity (Wildman–Crippen MR) is 250 cm³/mol. The summed E-state index contributed by atoms with van der Waals surface area (Å²) < 4.78 is 42.3. The van der Waals surface area contributed by atoms with Crippen molar-refractivity contribution < 1.29 is 104 Å². The number of allylic oxidation sites excluding steroid dienone is 2. The molecule has 0 amide bonds. The zero-order valence-electron chi connectivity index (χ0n) is 42.9. The fourth-order valence-electron chi connectivity index (χ4n) is 15.2. The molecule has 12 N–H and O–H groups in total. The first-order valence-electron chi connectivity index (χ1n) is 25.9. The average Bonchev–Trinajstić information content (AvgIpc) is 3.70. The third-order valence-corrected chi connectivity index (χ3v) is 19.3. The van der Waals surface area contributed by atoms with Gasteiger partial charge in [0.15, 0.2) is 18.9 Å². The summed E-state index contributed by atoms with van der Waals surface area (Å²) in [6.07, 6.45) is -18.2. The van der Waals surface area contributed by atoms with Crippen LogP contribution in [0.3, 0.4) is 0 Å². The number of rotatable bonds is 16. The van der Waals surface area contributed by atoms with E-state index in [0.717, 1.165) is 24.8 Å². The van der Waals surface area contributed by atoms with Gasteiger partial charge < -0.3 is 94.4 Å². The van der Waals surface area contributed by atoms with Crippen LogP contribution in [-0.2, 0) is 42.7 Å². The van der Waals surface area contributed by atoms with Crippen LogP contribution in [0, 0.1) is 45.3 Å². The molecule has 0 bridgehead atoms. The molecular weight excluding hydrogens is 949 g/mol. The number of hydrogen-bond donors (Lipinski definition) is 12. The first-order valence-corrected chi connectivity index (χ1v) is 25.9. The van der Waals surface area contributed by atoms with Gasteiger partial charge in [0.2, 0.25) is 0 Å². The molecule has 0 aromatic rings. The third kappa shape index (κ3) is 10.3. The van der Waals surface area contributed by atoms with E-state index in [2.05, 4.69) is 40.7 Å². The van der Waals surface area contributed by atoms with E-state index >= 15 is 0 Å². The quantitative estimate of drug-likeness (QED) is 0.0419. The Balaban J connectivity index is 1.11. The number of carboxylic acid groups (broad SMARTS) is 1. The van der Waals surface area contributed by atoms with Gasteiger partial charge in [-0.1, -0.05) is 46.3 Å². The lowest BCUT2D eigenvalue weighted by molar-refractivity contribution is -0.378. The van der Waals surface area contributed by atoms with Crippen LogP contribution in [0.1, 0.15) is 120 Å². The molecule has 0 unspecified atom stereocenters. The van der Waals surface area contributed by atoms with Gasteiger partial charge in [0.05, 0.1) is 31.0 Å². The summed E-state index contributed by atoms with van der Waals surface area (Å²) in [6, 6.07) is 0. The molecule has 7 rings (SSSR count). The van der Waals surface area contributed by atoms with Gasteiger partial charge >= 0.3 is 11.9 Å². The Morgan fingerprint density at radius 3 is 1.85 bits per heavy atom. The minimum atomic E-state index is -1.93. The number of esters is 1. The normalized spacial score (nSPS) is 48.8. The van der Waals surface area contributed by atoms with Crippen molar-refractivity contribution in [3.8, 4) is 0 Å². The predicted octanol–water partition coefficient (Wildman–Crippen LogP) is -0.00120. The molecule has 21 nitrogen and oxygen atoms in total. The summed E-state index contributed by atoms with van der Waals surface area (Å²) in [7, 11) is 0. The number of hydrogen-bond acceptors (Lipinski definition) is 20. The van der Waals surface area contributed by atoms with E-state index in [-0.39, 0.29) is 39.9 Å². The van der Waals surface area contributed by atoms with Gasteiger partial charge in [-0.3, -0.25) is 9.59 Å². The highest BCUT2D eigenvalue weighted by atomic mass is 16.8. The second-order valence-electron chi connectivity index (χ2n) is 24.0. The van der Waals surface area contributed by atoms with Gasteiger partial charge in [-0.15, -0.1) is 0 Å². The van der Waals surface area contributed by atoms with Gasteiger partial charge in [-0.05, 0) is 124 Å². The van der Waals surface area contributed by atoms with Crippen LogP contribution < -0.4 is 0 Å². The van der Waals surface area contributed by atoms with Crippen LogP contribution in [0.5, 0.6) is 0 Å². The zero-order valence-corrected chi connectivity index (χ0v) is 42.9. The molecule has 3 aliphatic heterocycles. The fraction of sp³-hybridized carbons (Fsp3) is 0.922. The molecule has 7 fully saturated rings. The molecule has 4 aliphatic carbocycles. The Bertz CT molecular complexity index is 1920. The van der Waals surface area contributed by atoms with Crippen LogP contribution in [-0.4, -0.2) is 203 Å². The van der Waals surface area contributed by atoms with E-state index < -0.39 is 154 Å². The van der Waals surface area contributed by atoms with Gasteiger partial charge in [0, 0.05) is 0 Å². The highest BCUT2D eigenvalue weighted by Gasteiger charge is 2.72. The lowest BCUT2D eigenvalue weighted by Gasteiger charge is -2.71. The summed E-state index contributed by atoms with van der Waals surface area (Å²) in [4.78, 5) is 23.0. The molecule has 72 heavy (non-hydrogen) atoms. The second kappa shape index (κ2) is 21.8. The van der Waals surface area contributed by atoms with Crippen molar-refractivity contribution in [1.82, 2.24) is 0 Å². The first kappa shape index (κ1) is 57.7. The molecule has 21 heteroatoms. The van der Waals surface area contributed by atoms with E-state index in [9.17, 15) is 65.8 Å². The lowest BCUT2D eigenvalue weighted by Crippen LogP contribution is -2.68. The summed E-state index contributed by atoms with van der Waals surface area (Å²) >= 11 is 0. The average molecular weight is 1030 g/mol. The number of fused-ring (bicyclic) bond motifs is 5. The maximum absolute atomic E-state index is 12.7. The number of carbonyl (C=O) groups is 2. The standard InChI is InChI=1S/C51H84O21/c1-23(2)10-9-14-51(8,72-45-42(65)38(61)35(58)26(20-52)67-45)24-11-16-50(7)34(24)25(54)18-30-48(5)15-13-31(47(3,4)29(48)12-17-49(30,50)6)70-46-43(40(63)36(59)27(21-53)68-46)71-44-41(64)39(62)37(60)28(69-44)22-66-33(57)19-32(55)56/h10,24-31,34-46,52-54,58-65H,9,11-22H2,1-8H3,(H,55,56)/t24-,25+,26-,27+,28-,29+,30+,31-,34-,35-,36+,37-,38+,39+,40-,41-,42-,43+,44+,45+,46-,48-,49+,50+,51-/m0/s1. The second-order valence-corrected chi connectivity index (χ2v) is 24.0. The van der Waals surface area contributed by atoms with Gasteiger partial charge in [0.25, 0.3) is 0 Å². The van der Waals surface area contributed by atoms with Crippen molar-refractivity contribution >= 4 is 11.9 Å². The molecule has 0 radical (unpaired) electrons. The van der Waals surface area contributed by atoms with E-state index in [1.54, 1.807) is 0 Å². The van der Waals surface area contributed by atoms with Crippen molar-refractivity contribution in [1.29, 1.82) is 0 Å². The largest absolute Gasteiger partial charge is 0.481 e. The smallest absolute Gasteiger partial charge is 0.317 e. The highest BCUT2D eigenvalue weighted by Crippen LogP contribution is 2.76. The molecule has 4 saturated carbocycles. The number of ether oxygens (including phenoxy) is 7. The summed E-state index contributed by atoms with van der Waals surface area (Å²) in [6.45, 7) is 15.2. The monoisotopic (exact) mass is 1030 g/mol. The molecule has 0 aromatic heterocycles. The molecule has 414 valence electrons. The van der Waals surface area contributed by atoms with Crippen molar-refractivity contribution in [2.75, 3.05) is 19.8 Å². The minimum Gasteiger partial charge on any atom is -0.481 e. The van der Waals surface area contributed by atoms with Gasteiger partial charge in [-0.2, -0.15) is 0 Å². The maximum atomic E-state index is 12.7. The summed E-state index contributed by atoms with van der Waals surface area (Å²) in [5.74, 6) is -2.92. The molecule has 25 atom stereocenters.